The molecule has 0 atom stereocenters. The summed E-state index contributed by atoms with van der Waals surface area (Å²) < 4.78 is 1.81. The fourth-order valence-electron chi connectivity index (χ4n) is 3.91. The normalized spacial score (nSPS) is 15.0. The number of carbonyl (C=O) groups is 1. The fourth-order valence-corrected chi connectivity index (χ4v) is 4.08. The van der Waals surface area contributed by atoms with Gasteiger partial charge in [0.25, 0.3) is 0 Å². The van der Waals surface area contributed by atoms with Crippen LogP contribution in [0.4, 0.5) is 0 Å². The van der Waals surface area contributed by atoms with Gasteiger partial charge in [-0.15, -0.1) is 0 Å². The summed E-state index contributed by atoms with van der Waals surface area (Å²) in [6.45, 7) is 2.67. The first-order valence-electron chi connectivity index (χ1n) is 8.84. The standard InChI is InChI=1S/C19H19ClN4O2/c1-2-24-18-13(10-22-24)15(12-7-8-21-14(20)9-12)16(19(25)26)17(23-18)11-5-3-4-6-11/h7-11H,2-6H2,1H3,(H,25,26). The number of fused-ring (bicyclic) bond motifs is 1. The van der Waals surface area contributed by atoms with Gasteiger partial charge in [0, 0.05) is 29.6 Å². The lowest BCUT2D eigenvalue weighted by Gasteiger charge is -2.17. The molecule has 1 aliphatic carbocycles. The molecule has 7 heteroatoms. The number of halogens is 1. The lowest BCUT2D eigenvalue weighted by molar-refractivity contribution is 0.0695. The Hall–Kier alpha value is -2.47. The summed E-state index contributed by atoms with van der Waals surface area (Å²) in [7, 11) is 0. The van der Waals surface area contributed by atoms with Gasteiger partial charge in [-0.3, -0.25) is 0 Å². The highest BCUT2D eigenvalue weighted by molar-refractivity contribution is 6.29. The van der Waals surface area contributed by atoms with Crippen molar-refractivity contribution in [1.82, 2.24) is 19.7 Å². The average Bonchev–Trinajstić information content (AvgIpc) is 3.29. The third-order valence-electron chi connectivity index (χ3n) is 5.08. The number of hydrogen-bond donors (Lipinski definition) is 1. The molecule has 0 aliphatic heterocycles. The first-order valence-corrected chi connectivity index (χ1v) is 9.22. The number of carboxylic acids is 1. The van der Waals surface area contributed by atoms with Gasteiger partial charge in [0.1, 0.15) is 5.15 Å². The quantitative estimate of drug-likeness (QED) is 0.683. The number of aromatic carboxylic acids is 1. The van der Waals surface area contributed by atoms with E-state index in [0.29, 0.717) is 23.0 Å². The first-order chi connectivity index (χ1) is 12.6. The number of rotatable bonds is 4. The molecular weight excluding hydrogens is 352 g/mol. The zero-order chi connectivity index (χ0) is 18.3. The minimum absolute atomic E-state index is 0.168. The largest absolute Gasteiger partial charge is 0.478 e. The third-order valence-corrected chi connectivity index (χ3v) is 5.29. The Labute approximate surface area is 155 Å². The zero-order valence-corrected chi connectivity index (χ0v) is 15.2. The van der Waals surface area contributed by atoms with Crippen LogP contribution in [-0.2, 0) is 6.54 Å². The summed E-state index contributed by atoms with van der Waals surface area (Å²) in [5, 5.41) is 15.5. The second-order valence-corrected chi connectivity index (χ2v) is 6.99. The summed E-state index contributed by atoms with van der Waals surface area (Å²) in [4.78, 5) is 21.1. The molecule has 6 nitrogen and oxygen atoms in total. The topological polar surface area (TPSA) is 80.9 Å². The summed E-state index contributed by atoms with van der Waals surface area (Å²) in [6.07, 6.45) is 7.43. The Morgan fingerprint density at radius 1 is 1.38 bits per heavy atom. The maximum Gasteiger partial charge on any atom is 0.338 e. The van der Waals surface area contributed by atoms with Gasteiger partial charge < -0.3 is 5.11 Å². The number of nitrogens with zero attached hydrogens (tertiary/aromatic N) is 4. The molecular formula is C19H19ClN4O2. The Morgan fingerprint density at radius 2 is 2.15 bits per heavy atom. The maximum atomic E-state index is 12.3. The van der Waals surface area contributed by atoms with Crippen LogP contribution in [0.3, 0.4) is 0 Å². The number of pyridine rings is 2. The van der Waals surface area contributed by atoms with Crippen molar-refractivity contribution in [2.75, 3.05) is 0 Å². The van der Waals surface area contributed by atoms with Crippen molar-refractivity contribution in [3.8, 4) is 11.1 Å². The van der Waals surface area contributed by atoms with E-state index in [1.165, 1.54) is 0 Å². The molecule has 4 rings (SSSR count). The molecule has 0 radical (unpaired) electrons. The molecule has 0 bridgehead atoms. The van der Waals surface area contributed by atoms with Gasteiger partial charge in [-0.05, 0) is 37.5 Å². The Balaban J connectivity index is 2.10. The van der Waals surface area contributed by atoms with Crippen LogP contribution in [0.5, 0.6) is 0 Å². The van der Waals surface area contributed by atoms with E-state index in [0.717, 1.165) is 42.3 Å². The predicted octanol–water partition coefficient (Wildman–Crippen LogP) is 4.52. The number of aromatic nitrogens is 4. The number of carboxylic acid groups (broad SMARTS) is 1. The average molecular weight is 371 g/mol. The van der Waals surface area contributed by atoms with Gasteiger partial charge in [-0.2, -0.15) is 5.10 Å². The highest BCUT2D eigenvalue weighted by atomic mass is 35.5. The first kappa shape index (κ1) is 17.0. The Kier molecular flexibility index (Phi) is 4.36. The van der Waals surface area contributed by atoms with E-state index in [2.05, 4.69) is 10.1 Å². The van der Waals surface area contributed by atoms with E-state index in [1.54, 1.807) is 24.5 Å². The lowest BCUT2D eigenvalue weighted by Crippen LogP contribution is -2.12. The van der Waals surface area contributed by atoms with Crippen LogP contribution in [0, 0.1) is 0 Å². The van der Waals surface area contributed by atoms with E-state index in [1.807, 2.05) is 11.6 Å². The molecule has 1 fully saturated rings. The van der Waals surface area contributed by atoms with Crippen molar-refractivity contribution in [3.63, 3.8) is 0 Å². The van der Waals surface area contributed by atoms with Crippen molar-refractivity contribution < 1.29 is 9.90 Å². The van der Waals surface area contributed by atoms with E-state index in [9.17, 15) is 9.90 Å². The predicted molar refractivity (Wildman–Crippen MR) is 99.6 cm³/mol. The molecule has 1 saturated carbocycles. The number of hydrogen-bond acceptors (Lipinski definition) is 4. The SMILES string of the molecule is CCn1ncc2c(-c3ccnc(Cl)c3)c(C(=O)O)c(C3CCCC3)nc21. The van der Waals surface area contributed by atoms with Crippen molar-refractivity contribution >= 4 is 28.6 Å². The molecule has 1 N–H and O–H groups in total. The minimum atomic E-state index is -0.964. The molecule has 0 spiro atoms. The van der Waals surface area contributed by atoms with Crippen molar-refractivity contribution in [2.45, 2.75) is 45.1 Å². The molecule has 26 heavy (non-hydrogen) atoms. The lowest BCUT2D eigenvalue weighted by atomic mass is 9.91. The maximum absolute atomic E-state index is 12.3. The van der Waals surface area contributed by atoms with Gasteiger partial charge in [0.05, 0.1) is 17.5 Å². The van der Waals surface area contributed by atoms with E-state index in [4.69, 9.17) is 16.6 Å². The summed E-state index contributed by atoms with van der Waals surface area (Å²) in [6, 6.07) is 3.49. The van der Waals surface area contributed by atoms with Crippen LogP contribution in [0.15, 0.2) is 24.5 Å². The molecule has 134 valence electrons. The van der Waals surface area contributed by atoms with Gasteiger partial charge in [0.15, 0.2) is 5.65 Å². The van der Waals surface area contributed by atoms with Crippen LogP contribution in [0.2, 0.25) is 5.15 Å². The highest BCUT2D eigenvalue weighted by Gasteiger charge is 2.29. The fraction of sp³-hybridized carbons (Fsp3) is 0.368. The van der Waals surface area contributed by atoms with Gasteiger partial charge in [-0.25, -0.2) is 19.4 Å². The van der Waals surface area contributed by atoms with Crippen LogP contribution >= 0.6 is 11.6 Å². The second kappa shape index (κ2) is 6.68. The van der Waals surface area contributed by atoms with Crippen molar-refractivity contribution in [2.24, 2.45) is 0 Å². The van der Waals surface area contributed by atoms with E-state index in [-0.39, 0.29) is 11.5 Å². The Bertz CT molecular complexity index is 993. The highest BCUT2D eigenvalue weighted by Crippen LogP contribution is 2.41. The molecule has 0 unspecified atom stereocenters. The van der Waals surface area contributed by atoms with Gasteiger partial charge >= 0.3 is 5.97 Å². The van der Waals surface area contributed by atoms with Gasteiger partial charge in [0.2, 0.25) is 0 Å². The Morgan fingerprint density at radius 3 is 2.81 bits per heavy atom. The molecule has 1 aliphatic rings. The third kappa shape index (κ3) is 2.74. The van der Waals surface area contributed by atoms with E-state index < -0.39 is 5.97 Å². The molecule has 0 amide bonds. The smallest absolute Gasteiger partial charge is 0.338 e. The van der Waals surface area contributed by atoms with Gasteiger partial charge in [-0.1, -0.05) is 24.4 Å². The van der Waals surface area contributed by atoms with E-state index >= 15 is 0 Å². The molecule has 0 saturated heterocycles. The van der Waals surface area contributed by atoms with Crippen LogP contribution < -0.4 is 0 Å². The molecule has 3 aromatic heterocycles. The second-order valence-electron chi connectivity index (χ2n) is 6.60. The summed E-state index contributed by atoms with van der Waals surface area (Å²) >= 11 is 6.08. The van der Waals surface area contributed by atoms with Crippen LogP contribution in [0.1, 0.15) is 54.6 Å². The van der Waals surface area contributed by atoms with Crippen molar-refractivity contribution in [3.05, 3.63) is 40.9 Å². The minimum Gasteiger partial charge on any atom is -0.478 e. The van der Waals surface area contributed by atoms with Crippen molar-refractivity contribution in [1.29, 1.82) is 0 Å². The molecule has 3 heterocycles. The van der Waals surface area contributed by atoms with Crippen LogP contribution in [0.25, 0.3) is 22.2 Å². The zero-order valence-electron chi connectivity index (χ0n) is 14.4. The summed E-state index contributed by atoms with van der Waals surface area (Å²) in [5.41, 5.74) is 3.02. The monoisotopic (exact) mass is 370 g/mol. The van der Waals surface area contributed by atoms with Crippen LogP contribution in [-0.4, -0.2) is 30.8 Å². The molecule has 0 aromatic carbocycles. The molecule has 3 aromatic rings. The number of aryl methyl sites for hydroxylation is 1. The summed E-state index contributed by atoms with van der Waals surface area (Å²) in [5.74, 6) is -0.796.